The Bertz CT molecular complexity index is 1210. The maximum atomic E-state index is 11.8. The number of sulfone groups is 1. The number of imidazole rings is 1. The minimum absolute atomic E-state index is 0.297. The topological polar surface area (TPSA) is 60.7 Å². The van der Waals surface area contributed by atoms with Gasteiger partial charge in [0.15, 0.2) is 9.84 Å². The number of methoxy groups -OCH3 is 1. The summed E-state index contributed by atoms with van der Waals surface area (Å²) in [4.78, 5) is 5.09. The molecule has 2 aromatic carbocycles. The van der Waals surface area contributed by atoms with E-state index in [2.05, 4.69) is 0 Å². The molecule has 0 unspecified atom stereocenters. The molecule has 0 spiro atoms. The van der Waals surface area contributed by atoms with Crippen LogP contribution in [0.15, 0.2) is 77.8 Å². The molecule has 5 nitrogen and oxygen atoms in total. The van der Waals surface area contributed by atoms with Gasteiger partial charge in [0.25, 0.3) is 0 Å². The third-order valence-electron chi connectivity index (χ3n) is 4.45. The third-order valence-corrected chi connectivity index (χ3v) is 5.58. The lowest BCUT2D eigenvalue weighted by Gasteiger charge is -2.07. The summed E-state index contributed by atoms with van der Waals surface area (Å²) in [6.45, 7) is 0. The van der Waals surface area contributed by atoms with Crippen LogP contribution in [0.5, 0.6) is 5.75 Å². The van der Waals surface area contributed by atoms with Crippen LogP contribution < -0.4 is 4.74 Å². The first-order valence-corrected chi connectivity index (χ1v) is 10.3. The summed E-state index contributed by atoms with van der Waals surface area (Å²) in [5, 5.41) is 0. The molecule has 0 fully saturated rings. The van der Waals surface area contributed by atoms with Gasteiger partial charge in [-0.3, -0.25) is 4.40 Å². The van der Waals surface area contributed by atoms with Gasteiger partial charge in [0, 0.05) is 23.6 Å². The fourth-order valence-corrected chi connectivity index (χ4v) is 3.71. The van der Waals surface area contributed by atoms with Crippen LogP contribution in [0.25, 0.3) is 28.2 Å². The molecule has 6 heteroatoms. The average Bonchev–Trinajstić information content (AvgIpc) is 3.07. The maximum Gasteiger partial charge on any atom is 0.175 e. The quantitative estimate of drug-likeness (QED) is 0.537. The summed E-state index contributed by atoms with van der Waals surface area (Å²) in [7, 11) is -1.60. The maximum absolute atomic E-state index is 11.8. The summed E-state index contributed by atoms with van der Waals surface area (Å²) in [6, 6.07) is 20.5. The molecule has 0 amide bonds. The van der Waals surface area contributed by atoms with E-state index >= 15 is 0 Å². The Balaban J connectivity index is 1.93. The molecule has 0 saturated heterocycles. The lowest BCUT2D eigenvalue weighted by Crippen LogP contribution is -1.97. The zero-order valence-electron chi connectivity index (χ0n) is 15.0. The second kappa shape index (κ2) is 6.55. The highest BCUT2D eigenvalue weighted by Gasteiger charge is 2.16. The zero-order valence-corrected chi connectivity index (χ0v) is 15.8. The van der Waals surface area contributed by atoms with Crippen molar-refractivity contribution < 1.29 is 13.2 Å². The number of benzene rings is 2. The van der Waals surface area contributed by atoms with Crippen LogP contribution in [0.1, 0.15) is 0 Å². The Kier molecular flexibility index (Phi) is 4.20. The number of pyridine rings is 1. The van der Waals surface area contributed by atoms with Crippen LogP contribution in [0.3, 0.4) is 0 Å². The summed E-state index contributed by atoms with van der Waals surface area (Å²) >= 11 is 0. The summed E-state index contributed by atoms with van der Waals surface area (Å²) in [5.74, 6) is 0.779. The van der Waals surface area contributed by atoms with E-state index in [1.807, 2.05) is 65.2 Å². The van der Waals surface area contributed by atoms with E-state index in [9.17, 15) is 8.42 Å². The number of hydrogen-bond acceptors (Lipinski definition) is 4. The summed E-state index contributed by atoms with van der Waals surface area (Å²) in [6.07, 6.45) is 3.16. The number of nitrogens with zero attached hydrogens (tertiary/aromatic N) is 2. The molecular formula is C21H18N2O3S. The first-order valence-electron chi connectivity index (χ1n) is 8.39. The standard InChI is InChI=1S/C21H18N2O3S/c1-26-17-10-6-15(7-11-17)20-21(23-14-4-3-5-19(23)22-20)16-8-12-18(13-9-16)27(2,24)25/h3-14H,1-2H3. The molecule has 0 aliphatic rings. The van der Waals surface area contributed by atoms with Gasteiger partial charge in [0.05, 0.1) is 23.4 Å². The first kappa shape index (κ1) is 17.3. The van der Waals surface area contributed by atoms with E-state index in [-0.39, 0.29) is 0 Å². The predicted molar refractivity (Wildman–Crippen MR) is 106 cm³/mol. The second-order valence-electron chi connectivity index (χ2n) is 6.26. The van der Waals surface area contributed by atoms with E-state index in [4.69, 9.17) is 9.72 Å². The van der Waals surface area contributed by atoms with Gasteiger partial charge in [-0.15, -0.1) is 0 Å². The van der Waals surface area contributed by atoms with Crippen LogP contribution in [-0.2, 0) is 9.84 Å². The van der Waals surface area contributed by atoms with Gasteiger partial charge in [-0.2, -0.15) is 0 Å². The molecule has 0 N–H and O–H groups in total. The Morgan fingerprint density at radius 3 is 2.19 bits per heavy atom. The molecule has 4 rings (SSSR count). The van der Waals surface area contributed by atoms with Crippen molar-refractivity contribution in [3.63, 3.8) is 0 Å². The van der Waals surface area contributed by atoms with E-state index in [0.717, 1.165) is 33.9 Å². The zero-order chi connectivity index (χ0) is 19.0. The van der Waals surface area contributed by atoms with Crippen molar-refractivity contribution in [3.8, 4) is 28.3 Å². The summed E-state index contributed by atoms with van der Waals surface area (Å²) < 4.78 is 30.8. The van der Waals surface area contributed by atoms with Crippen LogP contribution in [0.2, 0.25) is 0 Å². The molecule has 0 saturated carbocycles. The van der Waals surface area contributed by atoms with Crippen molar-refractivity contribution in [2.24, 2.45) is 0 Å². The Hall–Kier alpha value is -3.12. The number of rotatable bonds is 4. The molecule has 2 heterocycles. The number of fused-ring (bicyclic) bond motifs is 1. The van der Waals surface area contributed by atoms with Crippen LogP contribution in [0, 0.1) is 0 Å². The highest BCUT2D eigenvalue weighted by Crippen LogP contribution is 2.34. The number of hydrogen-bond donors (Lipinski definition) is 0. The molecule has 27 heavy (non-hydrogen) atoms. The monoisotopic (exact) mass is 378 g/mol. The molecule has 0 aliphatic heterocycles. The minimum atomic E-state index is -3.24. The van der Waals surface area contributed by atoms with Gasteiger partial charge in [0.2, 0.25) is 0 Å². The van der Waals surface area contributed by atoms with Gasteiger partial charge in [-0.05, 0) is 48.5 Å². The lowest BCUT2D eigenvalue weighted by atomic mass is 10.0. The molecule has 136 valence electrons. The van der Waals surface area contributed by atoms with Crippen molar-refractivity contribution in [3.05, 3.63) is 72.9 Å². The Labute approximate surface area is 157 Å². The van der Waals surface area contributed by atoms with Crippen molar-refractivity contribution >= 4 is 15.5 Å². The fraction of sp³-hybridized carbons (Fsp3) is 0.0952. The summed E-state index contributed by atoms with van der Waals surface area (Å²) in [5.41, 5.74) is 4.42. The van der Waals surface area contributed by atoms with Crippen molar-refractivity contribution in [2.45, 2.75) is 4.90 Å². The Morgan fingerprint density at radius 2 is 1.56 bits per heavy atom. The average molecular weight is 378 g/mol. The van der Waals surface area contributed by atoms with Crippen molar-refractivity contribution in [2.75, 3.05) is 13.4 Å². The molecule has 4 aromatic rings. The number of aromatic nitrogens is 2. The first-order chi connectivity index (χ1) is 13.0. The predicted octanol–water partition coefficient (Wildman–Crippen LogP) is 4.08. The highest BCUT2D eigenvalue weighted by atomic mass is 32.2. The van der Waals surface area contributed by atoms with E-state index in [1.165, 1.54) is 6.26 Å². The van der Waals surface area contributed by atoms with Gasteiger partial charge >= 0.3 is 0 Å². The van der Waals surface area contributed by atoms with Crippen LogP contribution in [-0.4, -0.2) is 31.2 Å². The SMILES string of the molecule is COc1ccc(-c2nc3ccccn3c2-c2ccc(S(C)(=O)=O)cc2)cc1. The Morgan fingerprint density at radius 1 is 0.889 bits per heavy atom. The number of ether oxygens (including phenoxy) is 1. The molecule has 2 aromatic heterocycles. The van der Waals surface area contributed by atoms with Crippen molar-refractivity contribution in [1.82, 2.24) is 9.38 Å². The van der Waals surface area contributed by atoms with Crippen molar-refractivity contribution in [1.29, 1.82) is 0 Å². The van der Waals surface area contributed by atoms with Crippen LogP contribution in [0.4, 0.5) is 0 Å². The van der Waals surface area contributed by atoms with Gasteiger partial charge in [0.1, 0.15) is 11.4 Å². The normalized spacial score (nSPS) is 11.6. The molecule has 0 bridgehead atoms. The van der Waals surface area contributed by atoms with Gasteiger partial charge in [-0.25, -0.2) is 13.4 Å². The van der Waals surface area contributed by atoms with E-state index in [0.29, 0.717) is 4.90 Å². The smallest absolute Gasteiger partial charge is 0.175 e. The molecular weight excluding hydrogens is 360 g/mol. The lowest BCUT2D eigenvalue weighted by molar-refractivity contribution is 0.415. The van der Waals surface area contributed by atoms with Crippen LogP contribution >= 0.6 is 0 Å². The minimum Gasteiger partial charge on any atom is -0.497 e. The van der Waals surface area contributed by atoms with Gasteiger partial charge < -0.3 is 4.74 Å². The molecule has 0 atom stereocenters. The second-order valence-corrected chi connectivity index (χ2v) is 8.28. The van der Waals surface area contributed by atoms with Gasteiger partial charge in [-0.1, -0.05) is 18.2 Å². The third kappa shape index (κ3) is 3.19. The fourth-order valence-electron chi connectivity index (χ4n) is 3.08. The molecule has 0 radical (unpaired) electrons. The largest absolute Gasteiger partial charge is 0.497 e. The molecule has 0 aliphatic carbocycles. The highest BCUT2D eigenvalue weighted by molar-refractivity contribution is 7.90. The van der Waals surface area contributed by atoms with E-state index < -0.39 is 9.84 Å². The van der Waals surface area contributed by atoms with E-state index in [1.54, 1.807) is 19.2 Å².